The number of amides is 1. The van der Waals surface area contributed by atoms with Crippen molar-refractivity contribution >= 4 is 23.3 Å². The highest BCUT2D eigenvalue weighted by Gasteiger charge is 2.48. The molecule has 0 aromatic heterocycles. The number of rotatable bonds is 2. The van der Waals surface area contributed by atoms with Crippen LogP contribution in [0.1, 0.15) is 19.4 Å². The number of cyclic esters (lactones) is 1. The summed E-state index contributed by atoms with van der Waals surface area (Å²) in [5.74, 6) is -4.32. The summed E-state index contributed by atoms with van der Waals surface area (Å²) in [5, 5.41) is 2.16. The van der Waals surface area contributed by atoms with E-state index in [4.69, 9.17) is 4.74 Å². The highest BCUT2D eigenvalue weighted by molar-refractivity contribution is 6.22. The molecule has 0 aliphatic carbocycles. The molecule has 2 rings (SSSR count). The van der Waals surface area contributed by atoms with Gasteiger partial charge in [0.05, 0.1) is 11.0 Å². The number of ketones is 1. The van der Waals surface area contributed by atoms with Crippen molar-refractivity contribution in [2.75, 3.05) is 11.9 Å². The van der Waals surface area contributed by atoms with Crippen LogP contribution < -0.4 is 5.32 Å². The lowest BCUT2D eigenvalue weighted by molar-refractivity contribution is -0.168. The fraction of sp³-hybridized carbons (Fsp3) is 0.400. The summed E-state index contributed by atoms with van der Waals surface area (Å²) in [6.07, 6.45) is -4.57. The van der Waals surface area contributed by atoms with Gasteiger partial charge in [-0.25, -0.2) is 0 Å². The molecule has 1 fully saturated rings. The summed E-state index contributed by atoms with van der Waals surface area (Å²) < 4.78 is 42.7. The number of Topliss-reactive ketones (excluding diaryl/α,β-unsaturated/α-hetero) is 1. The first-order valence-corrected chi connectivity index (χ1v) is 6.71. The van der Waals surface area contributed by atoms with E-state index < -0.39 is 40.7 Å². The second kappa shape index (κ2) is 5.68. The van der Waals surface area contributed by atoms with Gasteiger partial charge in [0, 0.05) is 5.69 Å². The van der Waals surface area contributed by atoms with E-state index in [0.29, 0.717) is 0 Å². The maximum absolute atomic E-state index is 12.6. The van der Waals surface area contributed by atoms with Crippen molar-refractivity contribution in [3.63, 3.8) is 0 Å². The minimum Gasteiger partial charge on any atom is -0.464 e. The Bertz CT molecular complexity index is 667. The first kappa shape index (κ1) is 17.0. The molecule has 0 bridgehead atoms. The van der Waals surface area contributed by atoms with E-state index in [1.54, 1.807) is 0 Å². The van der Waals surface area contributed by atoms with Crippen LogP contribution >= 0.6 is 0 Å². The van der Waals surface area contributed by atoms with Crippen LogP contribution in [0.25, 0.3) is 0 Å². The van der Waals surface area contributed by atoms with E-state index in [2.05, 4.69) is 5.32 Å². The van der Waals surface area contributed by atoms with Crippen molar-refractivity contribution in [3.8, 4) is 0 Å². The average Bonchev–Trinajstić information content (AvgIpc) is 2.43. The van der Waals surface area contributed by atoms with E-state index in [1.807, 2.05) is 0 Å². The molecule has 1 amide bonds. The lowest BCUT2D eigenvalue weighted by atomic mass is 9.79. The normalized spacial score (nSPS) is 20.8. The van der Waals surface area contributed by atoms with Gasteiger partial charge in [0.1, 0.15) is 6.61 Å². The Morgan fingerprint density at radius 3 is 2.57 bits per heavy atom. The molecule has 5 nitrogen and oxygen atoms in total. The summed E-state index contributed by atoms with van der Waals surface area (Å²) in [5.41, 5.74) is -2.13. The Kier molecular flexibility index (Phi) is 4.19. The number of ether oxygens (including phenoxy) is 1. The second-order valence-corrected chi connectivity index (χ2v) is 5.86. The third-order valence-corrected chi connectivity index (χ3v) is 3.46. The number of carbonyl (C=O) groups excluding carboxylic acids is 3. The number of anilines is 1. The molecule has 8 heteroatoms. The van der Waals surface area contributed by atoms with Crippen molar-refractivity contribution in [1.29, 1.82) is 0 Å². The molecule has 1 aliphatic rings. The minimum atomic E-state index is -4.57. The molecule has 124 valence electrons. The molecule has 1 N–H and O–H groups in total. The van der Waals surface area contributed by atoms with Crippen LogP contribution in [0.2, 0.25) is 0 Å². The lowest BCUT2D eigenvalue weighted by Crippen LogP contribution is -2.50. The van der Waals surface area contributed by atoms with Crippen LogP contribution in [0.4, 0.5) is 18.9 Å². The Balaban J connectivity index is 2.22. The maximum Gasteiger partial charge on any atom is 0.416 e. The van der Waals surface area contributed by atoms with Gasteiger partial charge in [-0.2, -0.15) is 13.2 Å². The molecule has 0 spiro atoms. The van der Waals surface area contributed by atoms with Crippen molar-refractivity contribution in [2.45, 2.75) is 20.0 Å². The Morgan fingerprint density at radius 1 is 1.30 bits per heavy atom. The van der Waals surface area contributed by atoms with E-state index in [0.717, 1.165) is 18.2 Å². The first-order chi connectivity index (χ1) is 10.5. The number of hydrogen-bond donors (Lipinski definition) is 1. The highest BCUT2D eigenvalue weighted by atomic mass is 19.4. The average molecular weight is 329 g/mol. The third-order valence-electron chi connectivity index (χ3n) is 3.46. The Morgan fingerprint density at radius 2 is 1.96 bits per heavy atom. The van der Waals surface area contributed by atoms with E-state index in [1.165, 1.54) is 19.9 Å². The zero-order valence-corrected chi connectivity index (χ0v) is 12.4. The number of alkyl halides is 3. The minimum absolute atomic E-state index is 0.141. The van der Waals surface area contributed by atoms with Crippen LogP contribution in [0, 0.1) is 11.3 Å². The number of halogens is 3. The molecular weight excluding hydrogens is 315 g/mol. The molecule has 0 saturated carbocycles. The number of benzene rings is 1. The topological polar surface area (TPSA) is 72.5 Å². The predicted octanol–water partition coefficient (Wildman–Crippen LogP) is 2.41. The van der Waals surface area contributed by atoms with Crippen LogP contribution in [0.15, 0.2) is 24.3 Å². The lowest BCUT2D eigenvalue weighted by Gasteiger charge is -2.31. The maximum atomic E-state index is 12.6. The third kappa shape index (κ3) is 3.52. The van der Waals surface area contributed by atoms with E-state index in [-0.39, 0.29) is 12.3 Å². The number of hydrogen-bond acceptors (Lipinski definition) is 4. The molecule has 1 aliphatic heterocycles. The van der Waals surface area contributed by atoms with Crippen LogP contribution in [0.5, 0.6) is 0 Å². The van der Waals surface area contributed by atoms with E-state index >= 15 is 0 Å². The van der Waals surface area contributed by atoms with Crippen molar-refractivity contribution in [1.82, 2.24) is 0 Å². The Labute approximate surface area is 129 Å². The van der Waals surface area contributed by atoms with Gasteiger partial charge in [0.15, 0.2) is 11.7 Å². The van der Waals surface area contributed by atoms with Gasteiger partial charge in [0.2, 0.25) is 5.91 Å². The first-order valence-electron chi connectivity index (χ1n) is 6.71. The summed E-state index contributed by atoms with van der Waals surface area (Å²) >= 11 is 0. The smallest absolute Gasteiger partial charge is 0.416 e. The quantitative estimate of drug-likeness (QED) is 0.668. The monoisotopic (exact) mass is 329 g/mol. The molecule has 0 radical (unpaired) electrons. The summed E-state index contributed by atoms with van der Waals surface area (Å²) in [6.45, 7) is 2.90. The molecule has 23 heavy (non-hydrogen) atoms. The van der Waals surface area contributed by atoms with Gasteiger partial charge in [-0.1, -0.05) is 6.07 Å². The fourth-order valence-electron chi connectivity index (χ4n) is 2.12. The molecule has 1 unspecified atom stereocenters. The predicted molar refractivity (Wildman–Crippen MR) is 73.3 cm³/mol. The molecular formula is C15H14F3NO4. The summed E-state index contributed by atoms with van der Waals surface area (Å²) in [7, 11) is 0. The molecule has 1 atom stereocenters. The van der Waals surface area contributed by atoms with Gasteiger partial charge < -0.3 is 10.1 Å². The summed E-state index contributed by atoms with van der Waals surface area (Å²) in [6, 6.07) is 3.92. The number of esters is 1. The standard InChI is InChI=1S/C15H14F3NO4/c1-14(2)7-23-13(22)10(11(14)20)12(21)19-9-5-3-4-8(6-9)15(16,17)18/h3-6,10H,7H2,1-2H3,(H,19,21). The highest BCUT2D eigenvalue weighted by Crippen LogP contribution is 2.32. The fourth-order valence-corrected chi connectivity index (χ4v) is 2.12. The van der Waals surface area contributed by atoms with Crippen LogP contribution in [-0.2, 0) is 25.3 Å². The van der Waals surface area contributed by atoms with Crippen LogP contribution in [-0.4, -0.2) is 24.3 Å². The molecule has 1 heterocycles. The van der Waals surface area contributed by atoms with Crippen molar-refractivity contribution in [3.05, 3.63) is 29.8 Å². The number of carbonyl (C=O) groups is 3. The van der Waals surface area contributed by atoms with Gasteiger partial charge in [-0.3, -0.25) is 14.4 Å². The van der Waals surface area contributed by atoms with Crippen molar-refractivity contribution < 1.29 is 32.3 Å². The van der Waals surface area contributed by atoms with Crippen LogP contribution in [0.3, 0.4) is 0 Å². The largest absolute Gasteiger partial charge is 0.464 e. The molecule has 1 aromatic rings. The van der Waals surface area contributed by atoms with Gasteiger partial charge in [-0.15, -0.1) is 0 Å². The SMILES string of the molecule is CC1(C)COC(=O)C(C(=O)Nc2cccc(C(F)(F)F)c2)C1=O. The van der Waals surface area contributed by atoms with Crippen molar-refractivity contribution in [2.24, 2.45) is 11.3 Å². The zero-order chi connectivity index (χ0) is 17.4. The second-order valence-electron chi connectivity index (χ2n) is 5.86. The molecule has 1 aromatic carbocycles. The van der Waals surface area contributed by atoms with E-state index in [9.17, 15) is 27.6 Å². The number of nitrogens with one attached hydrogen (secondary N) is 1. The Hall–Kier alpha value is -2.38. The zero-order valence-electron chi connectivity index (χ0n) is 12.4. The van der Waals surface area contributed by atoms with Gasteiger partial charge >= 0.3 is 12.1 Å². The van der Waals surface area contributed by atoms with Gasteiger partial charge in [-0.05, 0) is 32.0 Å². The summed E-state index contributed by atoms with van der Waals surface area (Å²) in [4.78, 5) is 36.0. The molecule has 1 saturated heterocycles. The van der Waals surface area contributed by atoms with Gasteiger partial charge in [0.25, 0.3) is 0 Å².